The first-order valence-electron chi connectivity index (χ1n) is 11.1. The number of nitrogens with one attached hydrogen (secondary N) is 1. The van der Waals surface area contributed by atoms with E-state index in [-0.39, 0.29) is 0 Å². The summed E-state index contributed by atoms with van der Waals surface area (Å²) >= 11 is 1.40. The molecule has 5 rings (SSSR count). The molecule has 0 amide bonds. The number of methoxy groups -OCH3 is 3. The molecule has 3 atom stereocenters. The molecule has 2 aromatic rings. The second-order valence-corrected chi connectivity index (χ2v) is 9.41. The first-order valence-corrected chi connectivity index (χ1v) is 12.0. The van der Waals surface area contributed by atoms with E-state index in [4.69, 9.17) is 14.2 Å². The Morgan fingerprint density at radius 1 is 1.06 bits per heavy atom. The van der Waals surface area contributed by atoms with Crippen molar-refractivity contribution in [2.75, 3.05) is 21.3 Å². The summed E-state index contributed by atoms with van der Waals surface area (Å²) in [6.45, 7) is 3.77. The number of hydrogen-bond acceptors (Lipinski definition) is 8. The summed E-state index contributed by atoms with van der Waals surface area (Å²) in [5.74, 6) is -1.16. The Morgan fingerprint density at radius 2 is 1.80 bits per heavy atom. The van der Waals surface area contributed by atoms with Gasteiger partial charge >= 0.3 is 11.9 Å². The van der Waals surface area contributed by atoms with Gasteiger partial charge in [-0.15, -0.1) is 11.3 Å². The zero-order valence-electron chi connectivity index (χ0n) is 20.3. The van der Waals surface area contributed by atoms with Crippen LogP contribution in [0.15, 0.2) is 71.4 Å². The number of benzene rings is 2. The lowest BCUT2D eigenvalue weighted by Gasteiger charge is -2.46. The molecule has 1 N–H and O–H groups in total. The molecule has 7 nitrogen and oxygen atoms in total. The molecule has 35 heavy (non-hydrogen) atoms. The largest absolute Gasteiger partial charge is 0.496 e. The lowest BCUT2D eigenvalue weighted by atomic mass is 9.67. The second-order valence-electron chi connectivity index (χ2n) is 8.49. The number of ether oxygens (including phenoxy) is 3. The van der Waals surface area contributed by atoms with E-state index in [2.05, 4.69) is 22.4 Å². The number of aromatic nitrogens is 1. The molecule has 8 heteroatoms. The van der Waals surface area contributed by atoms with Crippen molar-refractivity contribution in [3.63, 3.8) is 0 Å². The number of thiazole rings is 1. The molecular formula is C27H28N2O5S. The molecule has 0 radical (unpaired) electrons. The summed E-state index contributed by atoms with van der Waals surface area (Å²) in [4.78, 5) is 30.0. The molecule has 0 spiro atoms. The fourth-order valence-electron chi connectivity index (χ4n) is 4.75. The third kappa shape index (κ3) is 4.53. The molecule has 0 fully saturated rings. The summed E-state index contributed by atoms with van der Waals surface area (Å²) in [6.07, 6.45) is 1.67. The van der Waals surface area contributed by atoms with Gasteiger partial charge in [-0.05, 0) is 37.1 Å². The van der Waals surface area contributed by atoms with Crippen LogP contribution < -0.4 is 10.1 Å². The average molecular weight is 493 g/mol. The van der Waals surface area contributed by atoms with Crippen LogP contribution >= 0.6 is 11.3 Å². The molecule has 0 saturated carbocycles. The highest BCUT2D eigenvalue weighted by molar-refractivity contribution is 7.09. The van der Waals surface area contributed by atoms with Gasteiger partial charge in [-0.2, -0.15) is 0 Å². The maximum Gasteiger partial charge on any atom is 0.336 e. The van der Waals surface area contributed by atoms with Gasteiger partial charge in [0, 0.05) is 22.8 Å². The lowest BCUT2D eigenvalue weighted by molar-refractivity contribution is -0.150. The molecule has 3 aliphatic rings. The monoisotopic (exact) mass is 492 g/mol. The first kappa shape index (κ1) is 24.5. The van der Waals surface area contributed by atoms with Crippen molar-refractivity contribution in [3.05, 3.63) is 81.9 Å². The third-order valence-corrected chi connectivity index (χ3v) is 7.35. The van der Waals surface area contributed by atoms with Crippen molar-refractivity contribution in [1.82, 2.24) is 10.3 Å². The Bertz CT molecular complexity index is 1260. The number of rotatable bonds is 5. The summed E-state index contributed by atoms with van der Waals surface area (Å²) in [7, 11) is 4.39. The van der Waals surface area contributed by atoms with Crippen molar-refractivity contribution in [3.8, 4) is 16.9 Å². The maximum absolute atomic E-state index is 13.0. The molecule has 182 valence electrons. The van der Waals surface area contributed by atoms with Gasteiger partial charge < -0.3 is 19.5 Å². The van der Waals surface area contributed by atoms with Gasteiger partial charge in [0.25, 0.3) is 0 Å². The van der Waals surface area contributed by atoms with E-state index in [9.17, 15) is 9.59 Å². The van der Waals surface area contributed by atoms with E-state index in [1.807, 2.05) is 55.6 Å². The molecular weight excluding hydrogens is 464 g/mol. The van der Waals surface area contributed by atoms with Crippen molar-refractivity contribution in [1.29, 1.82) is 0 Å². The Kier molecular flexibility index (Phi) is 6.93. The van der Waals surface area contributed by atoms with Crippen LogP contribution in [0.5, 0.6) is 5.75 Å². The van der Waals surface area contributed by atoms with Crippen LogP contribution in [0.3, 0.4) is 0 Å². The van der Waals surface area contributed by atoms with Crippen LogP contribution in [0, 0.1) is 5.92 Å². The SMILES string of the molecule is COC(=O)C1=C(C)NC(C)(c2ccccc2)C(C(=O)OC)C1c1nccs1.COc1ccc2cc1-2. The van der Waals surface area contributed by atoms with E-state index >= 15 is 0 Å². The zero-order chi connectivity index (χ0) is 25.2. The average Bonchev–Trinajstić information content (AvgIpc) is 3.26. The molecule has 0 bridgehead atoms. The van der Waals surface area contributed by atoms with Crippen LogP contribution in [0.1, 0.15) is 30.3 Å². The fourth-order valence-corrected chi connectivity index (χ4v) is 5.53. The number of fused-ring (bicyclic) bond motifs is 1. The van der Waals surface area contributed by atoms with Crippen LogP contribution in [0.25, 0.3) is 11.1 Å². The lowest BCUT2D eigenvalue weighted by Crippen LogP contribution is -2.55. The van der Waals surface area contributed by atoms with Crippen LogP contribution in [-0.2, 0) is 24.6 Å². The number of hydrogen-bond donors (Lipinski definition) is 1. The van der Waals surface area contributed by atoms with Crippen LogP contribution in [0.2, 0.25) is 0 Å². The standard InChI is InChI=1S/C20H22N2O4S.C7H6O/c1-12-14(18(23)25-3)15(17-21-10-11-27-17)16(19(24)26-4)20(2,22-12)13-8-6-5-7-9-13;1-8-7-3-2-5-4-6(5)7/h5-11,15-16,22H,1-4H3;2-4H,1H3. The second kappa shape index (κ2) is 9.92. The van der Waals surface area contributed by atoms with E-state index < -0.39 is 29.3 Å². The summed E-state index contributed by atoms with van der Waals surface area (Å²) in [6, 6.07) is 15.8. The number of carbonyl (C=O) groups excluding carboxylic acids is 2. The van der Waals surface area contributed by atoms with E-state index in [0.29, 0.717) is 16.3 Å². The van der Waals surface area contributed by atoms with Crippen molar-refractivity contribution >= 4 is 23.3 Å². The van der Waals surface area contributed by atoms with Gasteiger partial charge in [0.15, 0.2) is 0 Å². The Balaban J connectivity index is 0.000000301. The number of carbonyl (C=O) groups is 2. The molecule has 1 aliphatic heterocycles. The van der Waals surface area contributed by atoms with Crippen LogP contribution in [-0.4, -0.2) is 38.3 Å². The maximum atomic E-state index is 13.0. The van der Waals surface area contributed by atoms with E-state index in [1.54, 1.807) is 13.3 Å². The summed E-state index contributed by atoms with van der Waals surface area (Å²) in [5.41, 5.74) is 3.82. The minimum absolute atomic E-state index is 0.399. The Labute approximate surface area is 208 Å². The topological polar surface area (TPSA) is 86.8 Å². The Morgan fingerprint density at radius 3 is 2.29 bits per heavy atom. The van der Waals surface area contributed by atoms with E-state index in [0.717, 1.165) is 11.3 Å². The smallest absolute Gasteiger partial charge is 0.336 e. The molecule has 2 aliphatic carbocycles. The predicted molar refractivity (Wildman–Crippen MR) is 134 cm³/mol. The highest BCUT2D eigenvalue weighted by Crippen LogP contribution is 2.49. The number of allylic oxidation sites excluding steroid dienone is 1. The number of nitrogens with zero attached hydrogens (tertiary/aromatic N) is 1. The van der Waals surface area contributed by atoms with Gasteiger partial charge in [0.2, 0.25) is 0 Å². The fraction of sp³-hybridized carbons (Fsp3) is 0.296. The zero-order valence-corrected chi connectivity index (χ0v) is 21.1. The quantitative estimate of drug-likeness (QED) is 0.406. The molecule has 1 aromatic carbocycles. The van der Waals surface area contributed by atoms with E-state index in [1.165, 1.54) is 36.7 Å². The normalized spacial score (nSPS) is 21.7. The molecule has 1 aromatic heterocycles. The highest BCUT2D eigenvalue weighted by Gasteiger charge is 2.53. The summed E-state index contributed by atoms with van der Waals surface area (Å²) < 4.78 is 15.2. The van der Waals surface area contributed by atoms with Gasteiger partial charge in [-0.3, -0.25) is 4.79 Å². The van der Waals surface area contributed by atoms with Gasteiger partial charge in [-0.25, -0.2) is 9.78 Å². The minimum Gasteiger partial charge on any atom is -0.496 e. The molecule has 0 saturated heterocycles. The minimum atomic E-state index is -0.785. The van der Waals surface area contributed by atoms with Gasteiger partial charge in [0.1, 0.15) is 10.8 Å². The van der Waals surface area contributed by atoms with Gasteiger partial charge in [-0.1, -0.05) is 36.4 Å². The van der Waals surface area contributed by atoms with Crippen molar-refractivity contribution in [2.45, 2.75) is 25.3 Å². The molecule has 2 heterocycles. The third-order valence-electron chi connectivity index (χ3n) is 6.50. The first-order chi connectivity index (χ1) is 16.8. The Hall–Kier alpha value is -3.65. The molecule has 3 unspecified atom stereocenters. The van der Waals surface area contributed by atoms with Gasteiger partial charge in [0.05, 0.1) is 44.3 Å². The highest BCUT2D eigenvalue weighted by atomic mass is 32.1. The summed E-state index contributed by atoms with van der Waals surface area (Å²) in [5, 5.41) is 5.89. The predicted octanol–water partition coefficient (Wildman–Crippen LogP) is 4.66. The van der Waals surface area contributed by atoms with Crippen LogP contribution in [0.4, 0.5) is 0 Å². The number of esters is 2. The van der Waals surface area contributed by atoms with Crippen molar-refractivity contribution < 1.29 is 23.8 Å². The van der Waals surface area contributed by atoms with Crippen molar-refractivity contribution in [2.24, 2.45) is 5.92 Å².